The summed E-state index contributed by atoms with van der Waals surface area (Å²) in [5.74, 6) is 1.87. The van der Waals surface area contributed by atoms with E-state index in [0.29, 0.717) is 24.8 Å². The molecule has 3 aliphatic rings. The first kappa shape index (κ1) is 21.8. The van der Waals surface area contributed by atoms with Crippen LogP contribution in [0.2, 0.25) is 0 Å². The van der Waals surface area contributed by atoms with E-state index < -0.39 is 0 Å². The zero-order chi connectivity index (χ0) is 21.0. The van der Waals surface area contributed by atoms with E-state index >= 15 is 0 Å². The fourth-order valence-electron chi connectivity index (χ4n) is 4.33. The van der Waals surface area contributed by atoms with Gasteiger partial charge in [0.15, 0.2) is 0 Å². The molecule has 3 rings (SSSR count). The zero-order valence-electron chi connectivity index (χ0n) is 18.5. The quantitative estimate of drug-likeness (QED) is 0.711. The predicted molar refractivity (Wildman–Crippen MR) is 113 cm³/mol. The molecule has 0 aromatic carbocycles. The maximum absolute atomic E-state index is 12.9. The van der Waals surface area contributed by atoms with Crippen LogP contribution in [-0.2, 0) is 14.2 Å². The maximum Gasteiger partial charge on any atom is 0.322 e. The second-order valence-electron chi connectivity index (χ2n) is 8.59. The molecule has 29 heavy (non-hydrogen) atoms. The van der Waals surface area contributed by atoms with Crippen LogP contribution in [-0.4, -0.2) is 63.9 Å². The molecule has 3 heterocycles. The summed E-state index contributed by atoms with van der Waals surface area (Å²) in [6.45, 7) is 10.1. The number of rotatable bonds is 5. The van der Waals surface area contributed by atoms with Crippen molar-refractivity contribution in [3.05, 3.63) is 22.6 Å². The van der Waals surface area contributed by atoms with E-state index in [0.717, 1.165) is 62.6 Å². The highest BCUT2D eigenvalue weighted by Crippen LogP contribution is 2.38. The lowest BCUT2D eigenvalue weighted by molar-refractivity contribution is 0.153. The molecule has 2 saturated heterocycles. The van der Waals surface area contributed by atoms with Gasteiger partial charge in [0.05, 0.1) is 25.2 Å². The van der Waals surface area contributed by atoms with Crippen molar-refractivity contribution in [3.63, 3.8) is 0 Å². The monoisotopic (exact) mass is 405 g/mol. The fourth-order valence-corrected chi connectivity index (χ4v) is 4.33. The minimum absolute atomic E-state index is 0.0618. The van der Waals surface area contributed by atoms with Gasteiger partial charge in [-0.25, -0.2) is 9.79 Å². The molecule has 0 radical (unpaired) electrons. The molecule has 0 aromatic heterocycles. The number of ether oxygens (including phenoxy) is 3. The summed E-state index contributed by atoms with van der Waals surface area (Å²) in [6, 6.07) is -0.0618. The van der Waals surface area contributed by atoms with Crippen LogP contribution in [0.4, 0.5) is 4.79 Å². The number of carbonyl (C=O) groups is 1. The Labute approximate surface area is 174 Å². The number of amidine groups is 1. The molecule has 3 aliphatic heterocycles. The van der Waals surface area contributed by atoms with Gasteiger partial charge in [-0.2, -0.15) is 0 Å². The van der Waals surface area contributed by atoms with Crippen LogP contribution < -0.4 is 5.32 Å². The van der Waals surface area contributed by atoms with Crippen molar-refractivity contribution in [1.82, 2.24) is 10.2 Å². The Kier molecular flexibility index (Phi) is 7.01. The standard InChI is InChI=1S/C22H35N3O4/c1-15(6-10-27-4)16(2)20-18(17(3)28-5)12-19(23-20)24-21(26)25-9-7-22(13-25)8-11-29-14-22/h15H,6-14H2,1-5H3,(H,23,24,26)/b18-17+,20-16-/t15?,22-/m1/s1. The van der Waals surface area contributed by atoms with Crippen LogP contribution in [0.5, 0.6) is 0 Å². The van der Waals surface area contributed by atoms with Gasteiger partial charge in [-0.15, -0.1) is 0 Å². The average molecular weight is 406 g/mol. The van der Waals surface area contributed by atoms with Crippen LogP contribution >= 0.6 is 0 Å². The van der Waals surface area contributed by atoms with Crippen molar-refractivity contribution in [1.29, 1.82) is 0 Å². The molecule has 0 saturated carbocycles. The molecule has 1 unspecified atom stereocenters. The molecule has 0 bridgehead atoms. The zero-order valence-corrected chi connectivity index (χ0v) is 18.5. The van der Waals surface area contributed by atoms with Crippen molar-refractivity contribution in [3.8, 4) is 0 Å². The third-order valence-electron chi connectivity index (χ3n) is 6.64. The van der Waals surface area contributed by atoms with Crippen LogP contribution in [0.15, 0.2) is 27.6 Å². The molecule has 7 nitrogen and oxygen atoms in total. The van der Waals surface area contributed by atoms with Crippen LogP contribution in [0.3, 0.4) is 0 Å². The normalized spacial score (nSPS) is 28.6. The Morgan fingerprint density at radius 2 is 2.14 bits per heavy atom. The van der Waals surface area contributed by atoms with Crippen molar-refractivity contribution < 1.29 is 19.0 Å². The molecule has 2 atom stereocenters. The number of methoxy groups -OCH3 is 2. The number of likely N-dealkylation sites (tertiary alicyclic amines) is 1. The van der Waals surface area contributed by atoms with Gasteiger partial charge in [-0.3, -0.25) is 5.32 Å². The minimum atomic E-state index is -0.0618. The van der Waals surface area contributed by atoms with E-state index in [1.54, 1.807) is 14.2 Å². The highest BCUT2D eigenvalue weighted by molar-refractivity contribution is 6.01. The van der Waals surface area contributed by atoms with Gasteiger partial charge in [0.1, 0.15) is 5.84 Å². The Hall–Kier alpha value is -1.86. The summed E-state index contributed by atoms with van der Waals surface area (Å²) < 4.78 is 16.3. The topological polar surface area (TPSA) is 72.4 Å². The summed E-state index contributed by atoms with van der Waals surface area (Å²) in [6.07, 6.45) is 3.57. The molecule has 1 spiro atoms. The van der Waals surface area contributed by atoms with Crippen molar-refractivity contribution >= 4 is 11.9 Å². The van der Waals surface area contributed by atoms with E-state index in [4.69, 9.17) is 19.2 Å². The van der Waals surface area contributed by atoms with E-state index in [1.807, 2.05) is 11.8 Å². The van der Waals surface area contributed by atoms with Gasteiger partial charge in [-0.05, 0) is 44.6 Å². The van der Waals surface area contributed by atoms with Gasteiger partial charge in [-0.1, -0.05) is 6.92 Å². The molecular formula is C22H35N3O4. The summed E-state index contributed by atoms with van der Waals surface area (Å²) in [5.41, 5.74) is 3.34. The fraction of sp³-hybridized carbons (Fsp3) is 0.727. The SMILES string of the molecule is COCCC(C)/C(C)=C1\N=C(NC(=O)N2CC[C@@]3(CCOC3)C2)C\C1=C(\C)OC. The third kappa shape index (κ3) is 4.83. The number of hydrogen-bond donors (Lipinski definition) is 1. The Balaban J connectivity index is 1.73. The molecule has 162 valence electrons. The van der Waals surface area contributed by atoms with Crippen LogP contribution in [0, 0.1) is 11.3 Å². The van der Waals surface area contributed by atoms with Crippen molar-refractivity contribution in [2.75, 3.05) is 47.1 Å². The number of carbonyl (C=O) groups excluding carboxylic acids is 1. The summed E-state index contributed by atoms with van der Waals surface area (Å²) in [5, 5.41) is 3.05. The van der Waals surface area contributed by atoms with Gasteiger partial charge >= 0.3 is 6.03 Å². The smallest absolute Gasteiger partial charge is 0.322 e. The first-order valence-corrected chi connectivity index (χ1v) is 10.5. The van der Waals surface area contributed by atoms with Crippen LogP contribution in [0.25, 0.3) is 0 Å². The number of aliphatic imine (C=N–C) groups is 1. The lowest BCUT2D eigenvalue weighted by atomic mass is 9.87. The van der Waals surface area contributed by atoms with E-state index in [2.05, 4.69) is 19.2 Å². The molecular weight excluding hydrogens is 370 g/mol. The molecule has 7 heteroatoms. The Morgan fingerprint density at radius 3 is 2.79 bits per heavy atom. The minimum Gasteiger partial charge on any atom is -0.501 e. The number of nitrogens with zero attached hydrogens (tertiary/aromatic N) is 2. The van der Waals surface area contributed by atoms with Crippen molar-refractivity contribution in [2.24, 2.45) is 16.3 Å². The maximum atomic E-state index is 12.9. The van der Waals surface area contributed by atoms with E-state index in [-0.39, 0.29) is 11.4 Å². The molecule has 2 fully saturated rings. The average Bonchev–Trinajstić information content (AvgIpc) is 3.46. The summed E-state index contributed by atoms with van der Waals surface area (Å²) in [7, 11) is 3.39. The predicted octanol–water partition coefficient (Wildman–Crippen LogP) is 3.48. The van der Waals surface area contributed by atoms with Gasteiger partial charge in [0, 0.05) is 50.8 Å². The first-order chi connectivity index (χ1) is 13.9. The third-order valence-corrected chi connectivity index (χ3v) is 6.64. The number of amides is 2. The molecule has 1 N–H and O–H groups in total. The number of allylic oxidation sites excluding steroid dienone is 3. The number of nitrogens with one attached hydrogen (secondary N) is 1. The lowest BCUT2D eigenvalue weighted by Crippen LogP contribution is -2.42. The Bertz CT molecular complexity index is 720. The summed E-state index contributed by atoms with van der Waals surface area (Å²) >= 11 is 0. The van der Waals surface area contributed by atoms with E-state index in [1.165, 1.54) is 5.57 Å². The molecule has 2 amide bonds. The highest BCUT2D eigenvalue weighted by Gasteiger charge is 2.43. The highest BCUT2D eigenvalue weighted by atomic mass is 16.5. The van der Waals surface area contributed by atoms with Gasteiger partial charge in [0.25, 0.3) is 0 Å². The second kappa shape index (κ2) is 9.30. The van der Waals surface area contributed by atoms with Gasteiger partial charge < -0.3 is 19.1 Å². The molecule has 0 aliphatic carbocycles. The number of urea groups is 1. The lowest BCUT2D eigenvalue weighted by Gasteiger charge is -2.22. The van der Waals surface area contributed by atoms with E-state index in [9.17, 15) is 4.79 Å². The van der Waals surface area contributed by atoms with Crippen molar-refractivity contribution in [2.45, 2.75) is 46.5 Å². The van der Waals surface area contributed by atoms with Gasteiger partial charge in [0.2, 0.25) is 0 Å². The Morgan fingerprint density at radius 1 is 1.34 bits per heavy atom. The second-order valence-corrected chi connectivity index (χ2v) is 8.59. The largest absolute Gasteiger partial charge is 0.501 e. The molecule has 0 aromatic rings. The number of hydrogen-bond acceptors (Lipinski definition) is 5. The first-order valence-electron chi connectivity index (χ1n) is 10.5. The summed E-state index contributed by atoms with van der Waals surface area (Å²) in [4.78, 5) is 19.6. The van der Waals surface area contributed by atoms with Crippen LogP contribution in [0.1, 0.15) is 46.5 Å².